The van der Waals surface area contributed by atoms with Crippen LogP contribution in [0.5, 0.6) is 0 Å². The Morgan fingerprint density at radius 1 is 1.08 bits per heavy atom. The highest BCUT2D eigenvalue weighted by molar-refractivity contribution is 7.80. The largest absolute Gasteiger partial charge is 0.395 e. The average Bonchev–Trinajstić information content (AvgIpc) is 2.53. The van der Waals surface area contributed by atoms with E-state index in [4.69, 9.17) is 12.2 Å². The van der Waals surface area contributed by atoms with Crippen molar-refractivity contribution in [2.75, 3.05) is 13.2 Å². The van der Waals surface area contributed by atoms with E-state index in [0.29, 0.717) is 6.54 Å². The van der Waals surface area contributed by atoms with Gasteiger partial charge in [0.05, 0.1) is 6.61 Å². The van der Waals surface area contributed by atoms with Crippen molar-refractivity contribution in [1.29, 1.82) is 0 Å². The van der Waals surface area contributed by atoms with Crippen LogP contribution in [0.25, 0.3) is 0 Å². The maximum Gasteiger partial charge on any atom is 0.169 e. The number of aliphatic hydroxyl groups is 1. The monoisotopic (exact) mass is 344 g/mol. The van der Waals surface area contributed by atoms with Gasteiger partial charge in [0.15, 0.2) is 5.11 Å². The van der Waals surface area contributed by atoms with Crippen molar-refractivity contribution < 1.29 is 5.11 Å². The molecule has 4 heteroatoms. The second-order valence-electron chi connectivity index (χ2n) is 8.26. The quantitative estimate of drug-likeness (QED) is 0.803. The van der Waals surface area contributed by atoms with Crippen molar-refractivity contribution in [3.05, 3.63) is 35.9 Å². The van der Waals surface area contributed by atoms with Crippen LogP contribution < -0.4 is 5.32 Å². The summed E-state index contributed by atoms with van der Waals surface area (Å²) in [5.74, 6) is 2.73. The molecule has 0 amide bonds. The summed E-state index contributed by atoms with van der Waals surface area (Å²) in [6.45, 7) is 1.49. The summed E-state index contributed by atoms with van der Waals surface area (Å²) in [5.41, 5.74) is 1.47. The molecule has 0 unspecified atom stereocenters. The molecular formula is C20H28N2OS. The highest BCUT2D eigenvalue weighted by atomic mass is 32.1. The Morgan fingerprint density at radius 3 is 2.21 bits per heavy atom. The number of thiocarbonyl (C=S) groups is 1. The zero-order valence-corrected chi connectivity index (χ0v) is 15.1. The summed E-state index contributed by atoms with van der Waals surface area (Å²) in [7, 11) is 0. The molecule has 4 saturated carbocycles. The van der Waals surface area contributed by atoms with E-state index in [1.54, 1.807) is 0 Å². The van der Waals surface area contributed by atoms with Gasteiger partial charge in [0.25, 0.3) is 0 Å². The highest BCUT2D eigenvalue weighted by Gasteiger charge is 2.51. The smallest absolute Gasteiger partial charge is 0.169 e. The van der Waals surface area contributed by atoms with E-state index in [2.05, 4.69) is 34.5 Å². The minimum Gasteiger partial charge on any atom is -0.395 e. The second-order valence-corrected chi connectivity index (χ2v) is 8.65. The summed E-state index contributed by atoms with van der Waals surface area (Å²) in [6, 6.07) is 10.4. The molecule has 1 aromatic carbocycles. The molecule has 4 aliphatic rings. The fraction of sp³-hybridized carbons (Fsp3) is 0.650. The first-order valence-corrected chi connectivity index (χ1v) is 9.78. The van der Waals surface area contributed by atoms with Gasteiger partial charge in [-0.3, -0.25) is 0 Å². The molecule has 4 fully saturated rings. The maximum absolute atomic E-state index is 9.46. The Morgan fingerprint density at radius 2 is 1.67 bits per heavy atom. The zero-order chi connectivity index (χ0) is 16.6. The Labute approximate surface area is 150 Å². The topological polar surface area (TPSA) is 35.5 Å². The Balaban J connectivity index is 1.45. The fourth-order valence-electron chi connectivity index (χ4n) is 5.75. The van der Waals surface area contributed by atoms with E-state index in [0.717, 1.165) is 29.4 Å². The van der Waals surface area contributed by atoms with E-state index >= 15 is 0 Å². The lowest BCUT2D eigenvalue weighted by Crippen LogP contribution is -2.61. The third-order valence-corrected chi connectivity index (χ3v) is 6.64. The molecule has 0 spiro atoms. The SMILES string of the molecule is OCCN(Cc1ccccc1)C(=S)NC12CC3CC(CC(C3)C1)C2. The number of hydrogen-bond donors (Lipinski definition) is 2. The van der Waals surface area contributed by atoms with Gasteiger partial charge in [-0.05, 0) is 74.1 Å². The normalized spacial score (nSPS) is 33.5. The van der Waals surface area contributed by atoms with Crippen LogP contribution in [-0.4, -0.2) is 33.8 Å². The van der Waals surface area contributed by atoms with Crippen LogP contribution in [0.1, 0.15) is 44.1 Å². The van der Waals surface area contributed by atoms with Gasteiger partial charge in [-0.1, -0.05) is 30.3 Å². The Hall–Kier alpha value is -1.13. The van der Waals surface area contributed by atoms with E-state index in [9.17, 15) is 5.11 Å². The van der Waals surface area contributed by atoms with Gasteiger partial charge in [-0.25, -0.2) is 0 Å². The first-order chi connectivity index (χ1) is 11.7. The molecule has 4 bridgehead atoms. The molecular weight excluding hydrogens is 316 g/mol. The number of nitrogens with one attached hydrogen (secondary N) is 1. The van der Waals surface area contributed by atoms with E-state index in [1.165, 1.54) is 44.1 Å². The molecule has 130 valence electrons. The molecule has 1 aromatic rings. The van der Waals surface area contributed by atoms with Crippen LogP contribution in [0.15, 0.2) is 30.3 Å². The van der Waals surface area contributed by atoms with Crippen LogP contribution in [-0.2, 0) is 6.54 Å². The predicted octanol–water partition coefficient (Wildman–Crippen LogP) is 3.32. The van der Waals surface area contributed by atoms with Crippen molar-refractivity contribution in [3.8, 4) is 0 Å². The zero-order valence-electron chi connectivity index (χ0n) is 14.3. The molecule has 4 aliphatic carbocycles. The van der Waals surface area contributed by atoms with Gasteiger partial charge in [0.2, 0.25) is 0 Å². The molecule has 3 nitrogen and oxygen atoms in total. The van der Waals surface area contributed by atoms with Crippen LogP contribution in [0.4, 0.5) is 0 Å². The second kappa shape index (κ2) is 6.64. The van der Waals surface area contributed by atoms with E-state index in [-0.39, 0.29) is 12.1 Å². The molecule has 0 heterocycles. The lowest BCUT2D eigenvalue weighted by atomic mass is 9.53. The first-order valence-electron chi connectivity index (χ1n) is 9.38. The fourth-order valence-corrected chi connectivity index (χ4v) is 6.12. The van der Waals surface area contributed by atoms with Crippen molar-refractivity contribution in [3.63, 3.8) is 0 Å². The standard InChI is InChI=1S/C20H28N2OS/c23-7-6-22(14-15-4-2-1-3-5-15)19(24)21-20-11-16-8-17(12-20)10-18(9-16)13-20/h1-5,16-18,23H,6-14H2,(H,21,24). The maximum atomic E-state index is 9.46. The summed E-state index contributed by atoms with van der Waals surface area (Å²) in [5, 5.41) is 14.1. The minimum absolute atomic E-state index is 0.134. The summed E-state index contributed by atoms with van der Waals surface area (Å²) in [6.07, 6.45) is 8.19. The van der Waals surface area contributed by atoms with Crippen LogP contribution in [0.2, 0.25) is 0 Å². The number of rotatable bonds is 5. The van der Waals surface area contributed by atoms with Gasteiger partial charge in [0, 0.05) is 18.6 Å². The summed E-state index contributed by atoms with van der Waals surface area (Å²) >= 11 is 5.78. The lowest BCUT2D eigenvalue weighted by Gasteiger charge is -2.57. The molecule has 0 aromatic heterocycles. The summed E-state index contributed by atoms with van der Waals surface area (Å²) in [4.78, 5) is 2.13. The minimum atomic E-state index is 0.134. The third kappa shape index (κ3) is 3.31. The Kier molecular flexibility index (Phi) is 4.52. The third-order valence-electron chi connectivity index (χ3n) is 6.28. The molecule has 2 N–H and O–H groups in total. The molecule has 0 saturated heterocycles. The Bertz CT molecular complexity index is 553. The molecule has 0 aliphatic heterocycles. The predicted molar refractivity (Wildman–Crippen MR) is 101 cm³/mol. The number of nitrogens with zero attached hydrogens (tertiary/aromatic N) is 1. The molecule has 5 rings (SSSR count). The van der Waals surface area contributed by atoms with Crippen LogP contribution in [0.3, 0.4) is 0 Å². The van der Waals surface area contributed by atoms with Gasteiger partial charge >= 0.3 is 0 Å². The van der Waals surface area contributed by atoms with Crippen molar-refractivity contribution in [2.24, 2.45) is 17.8 Å². The van der Waals surface area contributed by atoms with Gasteiger partial charge < -0.3 is 15.3 Å². The molecule has 0 radical (unpaired) electrons. The first kappa shape index (κ1) is 16.3. The molecule has 24 heavy (non-hydrogen) atoms. The van der Waals surface area contributed by atoms with E-state index in [1.807, 2.05) is 6.07 Å². The highest BCUT2D eigenvalue weighted by Crippen LogP contribution is 2.55. The van der Waals surface area contributed by atoms with Crippen molar-refractivity contribution in [2.45, 2.75) is 50.6 Å². The van der Waals surface area contributed by atoms with Crippen LogP contribution >= 0.6 is 12.2 Å². The van der Waals surface area contributed by atoms with Gasteiger partial charge in [0.1, 0.15) is 0 Å². The number of aliphatic hydroxyl groups excluding tert-OH is 1. The van der Waals surface area contributed by atoms with Crippen molar-refractivity contribution in [1.82, 2.24) is 10.2 Å². The number of benzene rings is 1. The number of hydrogen-bond acceptors (Lipinski definition) is 2. The average molecular weight is 345 g/mol. The lowest BCUT2D eigenvalue weighted by molar-refractivity contribution is -0.0113. The summed E-state index contributed by atoms with van der Waals surface area (Å²) < 4.78 is 0. The van der Waals surface area contributed by atoms with E-state index < -0.39 is 0 Å². The molecule has 0 atom stereocenters. The van der Waals surface area contributed by atoms with Crippen LogP contribution in [0, 0.1) is 17.8 Å². The van der Waals surface area contributed by atoms with Crippen molar-refractivity contribution >= 4 is 17.3 Å². The van der Waals surface area contributed by atoms with Gasteiger partial charge in [-0.2, -0.15) is 0 Å². The van der Waals surface area contributed by atoms with Gasteiger partial charge in [-0.15, -0.1) is 0 Å².